The van der Waals surface area contributed by atoms with Crippen molar-refractivity contribution in [2.45, 2.75) is 13.3 Å². The van der Waals surface area contributed by atoms with Crippen LogP contribution in [0.15, 0.2) is 0 Å². The maximum absolute atomic E-state index is 9.56. The first kappa shape index (κ1) is 12.2. The molecular formula is C5H13NO3S. The fraction of sp³-hybridized carbons (Fsp3) is 1.00. The molecule has 0 saturated heterocycles. The highest BCUT2D eigenvalue weighted by Gasteiger charge is 1.85. The van der Waals surface area contributed by atoms with E-state index in [4.69, 9.17) is 0 Å². The molecule has 0 atom stereocenters. The summed E-state index contributed by atoms with van der Waals surface area (Å²) < 4.78 is 9.56. The minimum Gasteiger partial charge on any atom is -0.265 e. The van der Waals surface area contributed by atoms with Gasteiger partial charge in [0.1, 0.15) is 0 Å². The van der Waals surface area contributed by atoms with E-state index in [9.17, 15) is 14.3 Å². The van der Waals surface area contributed by atoms with E-state index < -0.39 is 10.8 Å². The number of rotatable bonds is 2. The number of nitro groups is 1. The van der Waals surface area contributed by atoms with E-state index in [0.717, 1.165) is 0 Å². The van der Waals surface area contributed by atoms with Crippen molar-refractivity contribution >= 4 is 10.8 Å². The lowest BCUT2D eigenvalue weighted by atomic mass is 10.5. The Kier molecular flexibility index (Phi) is 10.5. The van der Waals surface area contributed by atoms with Crippen LogP contribution in [0.3, 0.4) is 0 Å². The van der Waals surface area contributed by atoms with E-state index in [2.05, 4.69) is 0 Å². The molecule has 0 rings (SSSR count). The molecule has 4 nitrogen and oxygen atoms in total. The summed E-state index contributed by atoms with van der Waals surface area (Å²) in [5, 5.41) is 9.40. The van der Waals surface area contributed by atoms with E-state index in [1.165, 1.54) is 0 Å². The molecule has 0 bridgehead atoms. The maximum atomic E-state index is 9.56. The van der Waals surface area contributed by atoms with Crippen molar-refractivity contribution < 1.29 is 9.13 Å². The summed E-state index contributed by atoms with van der Waals surface area (Å²) in [6.45, 7) is 1.88. The summed E-state index contributed by atoms with van der Waals surface area (Å²) in [7, 11) is -0.611. The van der Waals surface area contributed by atoms with Gasteiger partial charge in [0.2, 0.25) is 6.54 Å². The average molecular weight is 167 g/mol. The molecule has 0 fully saturated rings. The molecule has 0 heterocycles. The summed E-state index contributed by atoms with van der Waals surface area (Å²) in [5.41, 5.74) is 0. The van der Waals surface area contributed by atoms with Crippen LogP contribution in [0.25, 0.3) is 0 Å². The van der Waals surface area contributed by atoms with E-state index >= 15 is 0 Å². The SMILES string of the molecule is CCC[N+](=O)[O-].CS(C)=O. The van der Waals surface area contributed by atoms with Crippen molar-refractivity contribution in [3.8, 4) is 0 Å². The third-order valence-electron chi connectivity index (χ3n) is 0.406. The van der Waals surface area contributed by atoms with E-state index in [1.54, 1.807) is 19.4 Å². The van der Waals surface area contributed by atoms with Gasteiger partial charge in [0.05, 0.1) is 0 Å². The second kappa shape index (κ2) is 8.55. The molecule has 0 aromatic carbocycles. The Morgan fingerprint density at radius 2 is 1.80 bits per heavy atom. The van der Waals surface area contributed by atoms with Gasteiger partial charge in [0.15, 0.2) is 0 Å². The molecule has 0 aromatic rings. The van der Waals surface area contributed by atoms with Gasteiger partial charge in [-0.15, -0.1) is 0 Å². The van der Waals surface area contributed by atoms with Gasteiger partial charge in [-0.25, -0.2) is 0 Å². The molecule has 0 aliphatic heterocycles. The molecule has 0 aliphatic carbocycles. The summed E-state index contributed by atoms with van der Waals surface area (Å²) in [5.74, 6) is 0. The standard InChI is InChI=1S/C3H7NO2.C2H6OS/c1-2-3-4(5)6;1-4(2)3/h2-3H2,1H3;1-2H3. The first-order valence-corrected chi connectivity index (χ1v) is 4.84. The summed E-state index contributed by atoms with van der Waals surface area (Å²) in [6.07, 6.45) is 3.91. The zero-order valence-electron chi connectivity index (χ0n) is 6.49. The van der Waals surface area contributed by atoms with Crippen LogP contribution in [0.5, 0.6) is 0 Å². The lowest BCUT2D eigenvalue weighted by molar-refractivity contribution is -0.479. The predicted octanol–water partition coefficient (Wildman–Crippen LogP) is 0.668. The first-order valence-electron chi connectivity index (χ1n) is 2.87. The zero-order chi connectivity index (χ0) is 8.57. The molecule has 0 amide bonds. The van der Waals surface area contributed by atoms with Crippen molar-refractivity contribution in [3.05, 3.63) is 10.1 Å². The van der Waals surface area contributed by atoms with Crippen molar-refractivity contribution in [1.82, 2.24) is 0 Å². The topological polar surface area (TPSA) is 60.2 Å². The molecule has 5 heteroatoms. The minimum absolute atomic E-state index is 0.0972. The van der Waals surface area contributed by atoms with Crippen LogP contribution in [0.1, 0.15) is 13.3 Å². The largest absolute Gasteiger partial charge is 0.265 e. The fourth-order valence-corrected chi connectivity index (χ4v) is 0.183. The third kappa shape index (κ3) is 49.8. The van der Waals surface area contributed by atoms with Crippen molar-refractivity contribution in [3.63, 3.8) is 0 Å². The highest BCUT2D eigenvalue weighted by Crippen LogP contribution is 1.72. The third-order valence-corrected chi connectivity index (χ3v) is 0.406. The van der Waals surface area contributed by atoms with E-state index in [0.29, 0.717) is 6.42 Å². The Morgan fingerprint density at radius 1 is 1.50 bits per heavy atom. The normalized spacial score (nSPS) is 8.40. The van der Waals surface area contributed by atoms with Gasteiger partial charge in [-0.3, -0.25) is 14.3 Å². The molecule has 62 valence electrons. The average Bonchev–Trinajstić information content (AvgIpc) is 1.62. The Bertz CT molecular complexity index is 111. The van der Waals surface area contributed by atoms with Crippen LogP contribution in [-0.2, 0) is 10.8 Å². The second-order valence-electron chi connectivity index (χ2n) is 1.80. The van der Waals surface area contributed by atoms with Crippen LogP contribution in [0.4, 0.5) is 0 Å². The van der Waals surface area contributed by atoms with Gasteiger partial charge in [-0.2, -0.15) is 0 Å². The van der Waals surface area contributed by atoms with Crippen LogP contribution < -0.4 is 0 Å². The van der Waals surface area contributed by atoms with E-state index in [1.807, 2.05) is 0 Å². The van der Waals surface area contributed by atoms with Crippen LogP contribution >= 0.6 is 0 Å². The van der Waals surface area contributed by atoms with Crippen LogP contribution in [-0.4, -0.2) is 28.2 Å². The monoisotopic (exact) mass is 167 g/mol. The van der Waals surface area contributed by atoms with Crippen molar-refractivity contribution in [2.24, 2.45) is 0 Å². The number of nitrogens with zero attached hydrogens (tertiary/aromatic N) is 1. The Labute approximate surface area is 63.2 Å². The van der Waals surface area contributed by atoms with Crippen molar-refractivity contribution in [2.75, 3.05) is 19.1 Å². The summed E-state index contributed by atoms with van der Waals surface area (Å²) >= 11 is 0. The molecule has 0 aliphatic rings. The number of hydrogen-bond acceptors (Lipinski definition) is 3. The summed E-state index contributed by atoms with van der Waals surface area (Å²) in [4.78, 5) is 9.09. The number of hydrogen-bond donors (Lipinski definition) is 0. The van der Waals surface area contributed by atoms with Gasteiger partial charge in [0.25, 0.3) is 0 Å². The van der Waals surface area contributed by atoms with Gasteiger partial charge in [-0.05, 0) is 0 Å². The lowest BCUT2D eigenvalue weighted by Crippen LogP contribution is -1.96. The van der Waals surface area contributed by atoms with E-state index in [-0.39, 0.29) is 11.5 Å². The predicted molar refractivity (Wildman–Crippen MR) is 42.1 cm³/mol. The highest BCUT2D eigenvalue weighted by atomic mass is 32.2. The quantitative estimate of drug-likeness (QED) is 0.448. The van der Waals surface area contributed by atoms with Crippen molar-refractivity contribution in [1.29, 1.82) is 0 Å². The van der Waals surface area contributed by atoms with Gasteiger partial charge >= 0.3 is 0 Å². The molecule has 0 spiro atoms. The molecule has 0 N–H and O–H groups in total. The van der Waals surface area contributed by atoms with Gasteiger partial charge < -0.3 is 0 Å². The zero-order valence-corrected chi connectivity index (χ0v) is 7.31. The summed E-state index contributed by atoms with van der Waals surface area (Å²) in [6, 6.07) is 0. The Morgan fingerprint density at radius 3 is 1.80 bits per heavy atom. The molecule has 10 heavy (non-hydrogen) atoms. The minimum atomic E-state index is -0.611. The van der Waals surface area contributed by atoms with Gasteiger partial charge in [-0.1, -0.05) is 6.92 Å². The Balaban J connectivity index is 0. The maximum Gasteiger partial charge on any atom is 0.203 e. The molecule has 0 radical (unpaired) electrons. The lowest BCUT2D eigenvalue weighted by Gasteiger charge is -1.80. The molecule has 0 saturated carbocycles. The van der Waals surface area contributed by atoms with Crippen LogP contribution in [0, 0.1) is 10.1 Å². The second-order valence-corrected chi connectivity index (χ2v) is 3.28. The molecule has 0 aromatic heterocycles. The molecular weight excluding hydrogens is 154 g/mol. The van der Waals surface area contributed by atoms with Crippen LogP contribution in [0.2, 0.25) is 0 Å². The first-order chi connectivity index (χ1) is 4.50. The van der Waals surface area contributed by atoms with Gasteiger partial charge in [0, 0.05) is 34.7 Å². The fourth-order valence-electron chi connectivity index (χ4n) is 0.183. The molecule has 0 unspecified atom stereocenters. The Hall–Kier alpha value is -0.450. The highest BCUT2D eigenvalue weighted by molar-refractivity contribution is 7.83. The smallest absolute Gasteiger partial charge is 0.203 e.